The standard InChI is InChI=1S/C16H28N2/c1-5-8-14(2)11-17-12-15-9-6-7-10-16(15)13-18(3)4/h6-7,9-10,14,17H,5,8,11-13H2,1-4H3. The smallest absolute Gasteiger partial charge is 0.0230 e. The molecule has 0 saturated heterocycles. The van der Waals surface area contributed by atoms with Crippen LogP contribution in [-0.2, 0) is 13.1 Å². The van der Waals surface area contributed by atoms with Crippen molar-refractivity contribution in [3.63, 3.8) is 0 Å². The monoisotopic (exact) mass is 248 g/mol. The summed E-state index contributed by atoms with van der Waals surface area (Å²) in [7, 11) is 4.24. The third-order valence-corrected chi connectivity index (χ3v) is 3.19. The highest BCUT2D eigenvalue weighted by atomic mass is 15.0. The minimum absolute atomic E-state index is 0.774. The number of benzene rings is 1. The van der Waals surface area contributed by atoms with Crippen LogP contribution >= 0.6 is 0 Å². The van der Waals surface area contributed by atoms with Crippen LogP contribution < -0.4 is 5.32 Å². The lowest BCUT2D eigenvalue weighted by Gasteiger charge is -2.16. The zero-order chi connectivity index (χ0) is 13.4. The molecule has 1 aromatic carbocycles. The first-order valence-corrected chi connectivity index (χ1v) is 7.05. The average molecular weight is 248 g/mol. The quantitative estimate of drug-likeness (QED) is 0.759. The molecule has 0 spiro atoms. The summed E-state index contributed by atoms with van der Waals surface area (Å²) in [5, 5.41) is 3.58. The molecule has 102 valence electrons. The van der Waals surface area contributed by atoms with Crippen molar-refractivity contribution in [2.45, 2.75) is 39.8 Å². The number of nitrogens with zero attached hydrogens (tertiary/aromatic N) is 1. The van der Waals surface area contributed by atoms with Crippen molar-refractivity contribution in [1.29, 1.82) is 0 Å². The van der Waals surface area contributed by atoms with E-state index in [0.29, 0.717) is 0 Å². The lowest BCUT2D eigenvalue weighted by molar-refractivity contribution is 0.399. The van der Waals surface area contributed by atoms with Crippen molar-refractivity contribution >= 4 is 0 Å². The van der Waals surface area contributed by atoms with Gasteiger partial charge in [0.2, 0.25) is 0 Å². The van der Waals surface area contributed by atoms with Crippen LogP contribution in [0.2, 0.25) is 0 Å². The molecule has 0 amide bonds. The maximum absolute atomic E-state index is 3.58. The summed E-state index contributed by atoms with van der Waals surface area (Å²) < 4.78 is 0. The van der Waals surface area contributed by atoms with Crippen LogP contribution in [0.15, 0.2) is 24.3 Å². The lowest BCUT2D eigenvalue weighted by atomic mass is 10.0. The van der Waals surface area contributed by atoms with E-state index in [2.05, 4.69) is 62.4 Å². The van der Waals surface area contributed by atoms with Gasteiger partial charge in [-0.15, -0.1) is 0 Å². The topological polar surface area (TPSA) is 15.3 Å². The van der Waals surface area contributed by atoms with Crippen LogP contribution in [0.5, 0.6) is 0 Å². The predicted octanol–water partition coefficient (Wildman–Crippen LogP) is 3.27. The fourth-order valence-corrected chi connectivity index (χ4v) is 2.27. The van der Waals surface area contributed by atoms with Crippen molar-refractivity contribution in [2.75, 3.05) is 20.6 Å². The first-order chi connectivity index (χ1) is 8.63. The zero-order valence-electron chi connectivity index (χ0n) is 12.4. The largest absolute Gasteiger partial charge is 0.312 e. The average Bonchev–Trinajstić information content (AvgIpc) is 2.31. The SMILES string of the molecule is CCCC(C)CNCc1ccccc1CN(C)C. The van der Waals surface area contributed by atoms with Gasteiger partial charge in [0.1, 0.15) is 0 Å². The van der Waals surface area contributed by atoms with Gasteiger partial charge >= 0.3 is 0 Å². The minimum Gasteiger partial charge on any atom is -0.312 e. The minimum atomic E-state index is 0.774. The van der Waals surface area contributed by atoms with Crippen LogP contribution in [0.1, 0.15) is 37.8 Å². The molecule has 0 fully saturated rings. The van der Waals surface area contributed by atoms with E-state index < -0.39 is 0 Å². The third kappa shape index (κ3) is 5.65. The van der Waals surface area contributed by atoms with Gasteiger partial charge in [0, 0.05) is 13.1 Å². The van der Waals surface area contributed by atoms with E-state index in [1.165, 1.54) is 24.0 Å². The molecule has 18 heavy (non-hydrogen) atoms. The van der Waals surface area contributed by atoms with Gasteiger partial charge < -0.3 is 10.2 Å². The van der Waals surface area contributed by atoms with Gasteiger partial charge in [-0.3, -0.25) is 0 Å². The molecule has 0 saturated carbocycles. The molecule has 0 aliphatic rings. The first-order valence-electron chi connectivity index (χ1n) is 7.05. The van der Waals surface area contributed by atoms with Crippen molar-refractivity contribution in [3.8, 4) is 0 Å². The number of rotatable bonds is 8. The Morgan fingerprint density at radius 1 is 1.17 bits per heavy atom. The molecule has 1 rings (SSSR count). The molecular formula is C16H28N2. The maximum atomic E-state index is 3.58. The Morgan fingerprint density at radius 2 is 1.83 bits per heavy atom. The van der Waals surface area contributed by atoms with Crippen LogP contribution in [0, 0.1) is 5.92 Å². The second kappa shape index (κ2) is 8.28. The van der Waals surface area contributed by atoms with Gasteiger partial charge in [0.05, 0.1) is 0 Å². The van der Waals surface area contributed by atoms with Gasteiger partial charge in [-0.05, 0) is 44.1 Å². The number of hydrogen-bond acceptors (Lipinski definition) is 2. The van der Waals surface area contributed by atoms with E-state index in [4.69, 9.17) is 0 Å². The molecule has 0 heterocycles. The summed E-state index contributed by atoms with van der Waals surface area (Å²) in [5.74, 6) is 0.774. The first kappa shape index (κ1) is 15.2. The second-order valence-electron chi connectivity index (χ2n) is 5.53. The van der Waals surface area contributed by atoms with Crippen LogP contribution in [0.4, 0.5) is 0 Å². The van der Waals surface area contributed by atoms with Gasteiger partial charge in [0.15, 0.2) is 0 Å². The number of hydrogen-bond donors (Lipinski definition) is 1. The molecule has 0 aliphatic carbocycles. The van der Waals surface area contributed by atoms with E-state index in [0.717, 1.165) is 25.6 Å². The molecule has 1 aromatic rings. The van der Waals surface area contributed by atoms with E-state index >= 15 is 0 Å². The predicted molar refractivity (Wildman–Crippen MR) is 79.6 cm³/mol. The Balaban J connectivity index is 2.46. The highest BCUT2D eigenvalue weighted by molar-refractivity contribution is 5.26. The third-order valence-electron chi connectivity index (χ3n) is 3.19. The van der Waals surface area contributed by atoms with Crippen molar-refractivity contribution in [3.05, 3.63) is 35.4 Å². The van der Waals surface area contributed by atoms with Crippen LogP contribution in [0.3, 0.4) is 0 Å². The molecule has 0 radical (unpaired) electrons. The number of nitrogens with one attached hydrogen (secondary N) is 1. The Labute approximate surface area is 112 Å². The van der Waals surface area contributed by atoms with E-state index in [9.17, 15) is 0 Å². The zero-order valence-corrected chi connectivity index (χ0v) is 12.4. The molecule has 1 atom stereocenters. The molecule has 1 unspecified atom stereocenters. The Hall–Kier alpha value is -0.860. The lowest BCUT2D eigenvalue weighted by Crippen LogP contribution is -2.22. The summed E-state index contributed by atoms with van der Waals surface area (Å²) >= 11 is 0. The molecule has 2 nitrogen and oxygen atoms in total. The van der Waals surface area contributed by atoms with Gasteiger partial charge in [-0.25, -0.2) is 0 Å². The molecule has 0 bridgehead atoms. The molecule has 2 heteroatoms. The van der Waals surface area contributed by atoms with E-state index in [1.807, 2.05) is 0 Å². The second-order valence-corrected chi connectivity index (χ2v) is 5.53. The fraction of sp³-hybridized carbons (Fsp3) is 0.625. The van der Waals surface area contributed by atoms with Crippen molar-refractivity contribution in [1.82, 2.24) is 10.2 Å². The van der Waals surface area contributed by atoms with E-state index in [-0.39, 0.29) is 0 Å². The van der Waals surface area contributed by atoms with Gasteiger partial charge in [0.25, 0.3) is 0 Å². The Morgan fingerprint density at radius 3 is 2.44 bits per heavy atom. The highest BCUT2D eigenvalue weighted by Gasteiger charge is 2.04. The molecule has 0 aliphatic heterocycles. The summed E-state index contributed by atoms with van der Waals surface area (Å²) in [4.78, 5) is 2.22. The molecular weight excluding hydrogens is 220 g/mol. The Bertz CT molecular complexity index is 334. The normalized spacial score (nSPS) is 12.9. The van der Waals surface area contributed by atoms with Gasteiger partial charge in [-0.2, -0.15) is 0 Å². The fourth-order valence-electron chi connectivity index (χ4n) is 2.27. The van der Waals surface area contributed by atoms with Crippen LogP contribution in [0.25, 0.3) is 0 Å². The molecule has 0 aromatic heterocycles. The van der Waals surface area contributed by atoms with E-state index in [1.54, 1.807) is 0 Å². The molecule has 1 N–H and O–H groups in total. The van der Waals surface area contributed by atoms with Crippen molar-refractivity contribution in [2.24, 2.45) is 5.92 Å². The summed E-state index contributed by atoms with van der Waals surface area (Å²) in [6.45, 7) is 7.69. The summed E-state index contributed by atoms with van der Waals surface area (Å²) in [6.07, 6.45) is 2.59. The van der Waals surface area contributed by atoms with Crippen molar-refractivity contribution < 1.29 is 0 Å². The summed E-state index contributed by atoms with van der Waals surface area (Å²) in [5.41, 5.74) is 2.85. The van der Waals surface area contributed by atoms with Crippen LogP contribution in [-0.4, -0.2) is 25.5 Å². The maximum Gasteiger partial charge on any atom is 0.0230 e. The van der Waals surface area contributed by atoms with Gasteiger partial charge in [-0.1, -0.05) is 44.5 Å². The summed E-state index contributed by atoms with van der Waals surface area (Å²) in [6, 6.07) is 8.72. The Kier molecular flexibility index (Phi) is 6.99. The highest BCUT2D eigenvalue weighted by Crippen LogP contribution is 2.11.